The van der Waals surface area contributed by atoms with Gasteiger partial charge in [-0.05, 0) is 63.1 Å². The first-order valence-electron chi connectivity index (χ1n) is 8.67. The van der Waals surface area contributed by atoms with Gasteiger partial charge >= 0.3 is 0 Å². The van der Waals surface area contributed by atoms with Gasteiger partial charge in [0, 0.05) is 13.1 Å². The first-order valence-corrected chi connectivity index (χ1v) is 8.67. The van der Waals surface area contributed by atoms with Crippen molar-refractivity contribution in [1.29, 1.82) is 0 Å². The van der Waals surface area contributed by atoms with E-state index in [0.717, 1.165) is 25.4 Å². The third kappa shape index (κ3) is 4.59. The second-order valence-electron chi connectivity index (χ2n) is 6.59. The van der Waals surface area contributed by atoms with Gasteiger partial charge in [0.15, 0.2) is 11.5 Å². The summed E-state index contributed by atoms with van der Waals surface area (Å²) in [7, 11) is 1.66. The summed E-state index contributed by atoms with van der Waals surface area (Å²) in [4.78, 5) is 4.70. The summed E-state index contributed by atoms with van der Waals surface area (Å²) in [5, 5.41) is 10.1. The molecule has 128 valence electrons. The van der Waals surface area contributed by atoms with Crippen molar-refractivity contribution >= 4 is 0 Å². The summed E-state index contributed by atoms with van der Waals surface area (Å²) in [6, 6.07) is 6.08. The lowest BCUT2D eigenvalue weighted by Crippen LogP contribution is -2.36. The van der Waals surface area contributed by atoms with Gasteiger partial charge in [-0.2, -0.15) is 0 Å². The monoisotopic (exact) mass is 320 g/mol. The van der Waals surface area contributed by atoms with Crippen LogP contribution >= 0.6 is 0 Å². The standard InChI is InChI=1S/C18H28N2O3/c1-22-18-11-15(12-19-9-4-10-19)5-6-17(18)23-14-16(21)13-20-7-2-3-8-20/h5-6,11,16,21H,2-4,7-10,12-14H2,1H3. The molecule has 1 N–H and O–H groups in total. The number of ether oxygens (including phenoxy) is 2. The van der Waals surface area contributed by atoms with Gasteiger partial charge in [-0.15, -0.1) is 0 Å². The van der Waals surface area contributed by atoms with Crippen LogP contribution in [0.1, 0.15) is 24.8 Å². The number of aliphatic hydroxyl groups excluding tert-OH is 1. The number of hydrogen-bond acceptors (Lipinski definition) is 5. The van der Waals surface area contributed by atoms with Crippen molar-refractivity contribution in [2.45, 2.75) is 31.9 Å². The van der Waals surface area contributed by atoms with Crippen LogP contribution in [0.5, 0.6) is 11.5 Å². The van der Waals surface area contributed by atoms with Gasteiger partial charge in [0.25, 0.3) is 0 Å². The van der Waals surface area contributed by atoms with Crippen LogP contribution in [0, 0.1) is 0 Å². The molecule has 0 bridgehead atoms. The number of nitrogens with zero attached hydrogens (tertiary/aromatic N) is 2. The van der Waals surface area contributed by atoms with E-state index in [2.05, 4.69) is 15.9 Å². The van der Waals surface area contributed by atoms with E-state index in [1.165, 1.54) is 37.9 Å². The first kappa shape index (κ1) is 16.6. The van der Waals surface area contributed by atoms with Crippen molar-refractivity contribution in [3.8, 4) is 11.5 Å². The summed E-state index contributed by atoms with van der Waals surface area (Å²) < 4.78 is 11.2. The van der Waals surface area contributed by atoms with Crippen molar-refractivity contribution < 1.29 is 14.6 Å². The summed E-state index contributed by atoms with van der Waals surface area (Å²) in [6.07, 6.45) is 3.31. The Morgan fingerprint density at radius 1 is 1.04 bits per heavy atom. The molecule has 2 aliphatic rings. The van der Waals surface area contributed by atoms with E-state index in [1.54, 1.807) is 7.11 Å². The molecule has 0 radical (unpaired) electrons. The lowest BCUT2D eigenvalue weighted by Gasteiger charge is -2.30. The van der Waals surface area contributed by atoms with Gasteiger partial charge in [-0.1, -0.05) is 6.07 Å². The maximum absolute atomic E-state index is 10.1. The Labute approximate surface area is 138 Å². The summed E-state index contributed by atoms with van der Waals surface area (Å²) in [6.45, 7) is 6.51. The molecule has 5 nitrogen and oxygen atoms in total. The van der Waals surface area contributed by atoms with Crippen LogP contribution in [0.2, 0.25) is 0 Å². The highest BCUT2D eigenvalue weighted by atomic mass is 16.5. The summed E-state index contributed by atoms with van der Waals surface area (Å²) >= 11 is 0. The topological polar surface area (TPSA) is 45.2 Å². The predicted molar refractivity (Wildman–Crippen MR) is 90.1 cm³/mol. The SMILES string of the molecule is COc1cc(CN2CCC2)ccc1OCC(O)CN1CCCC1. The number of rotatable bonds is 8. The lowest BCUT2D eigenvalue weighted by molar-refractivity contribution is 0.0747. The van der Waals surface area contributed by atoms with Crippen LogP contribution in [0.15, 0.2) is 18.2 Å². The number of likely N-dealkylation sites (tertiary alicyclic amines) is 2. The zero-order valence-electron chi connectivity index (χ0n) is 14.0. The summed E-state index contributed by atoms with van der Waals surface area (Å²) in [5.41, 5.74) is 1.24. The number of aliphatic hydroxyl groups is 1. The molecule has 5 heteroatoms. The lowest BCUT2D eigenvalue weighted by atomic mass is 10.1. The van der Waals surface area contributed by atoms with E-state index >= 15 is 0 Å². The molecule has 3 rings (SSSR count). The van der Waals surface area contributed by atoms with Crippen LogP contribution in [-0.4, -0.2) is 67.5 Å². The fourth-order valence-electron chi connectivity index (χ4n) is 3.23. The highest BCUT2D eigenvalue weighted by Crippen LogP contribution is 2.29. The Bertz CT molecular complexity index is 499. The Morgan fingerprint density at radius 2 is 1.78 bits per heavy atom. The van der Waals surface area contributed by atoms with Crippen LogP contribution in [0.3, 0.4) is 0 Å². The van der Waals surface area contributed by atoms with Gasteiger partial charge in [-0.3, -0.25) is 4.90 Å². The van der Waals surface area contributed by atoms with Crippen LogP contribution in [-0.2, 0) is 6.54 Å². The van der Waals surface area contributed by atoms with Crippen LogP contribution < -0.4 is 9.47 Å². The Balaban J connectivity index is 1.51. The third-order valence-electron chi connectivity index (χ3n) is 4.68. The molecule has 0 spiro atoms. The van der Waals surface area contributed by atoms with Crippen molar-refractivity contribution in [2.24, 2.45) is 0 Å². The van der Waals surface area contributed by atoms with E-state index < -0.39 is 6.10 Å². The van der Waals surface area contributed by atoms with E-state index in [4.69, 9.17) is 9.47 Å². The average Bonchev–Trinajstić information content (AvgIpc) is 3.02. The molecule has 0 saturated carbocycles. The molecule has 2 heterocycles. The molecule has 23 heavy (non-hydrogen) atoms. The smallest absolute Gasteiger partial charge is 0.161 e. The number of methoxy groups -OCH3 is 1. The quantitative estimate of drug-likeness (QED) is 0.790. The average molecular weight is 320 g/mol. The van der Waals surface area contributed by atoms with Crippen LogP contribution in [0.4, 0.5) is 0 Å². The van der Waals surface area contributed by atoms with Crippen LogP contribution in [0.25, 0.3) is 0 Å². The summed E-state index contributed by atoms with van der Waals surface area (Å²) in [5.74, 6) is 1.46. The zero-order chi connectivity index (χ0) is 16.1. The second kappa shape index (κ2) is 7.99. The minimum atomic E-state index is -0.460. The second-order valence-corrected chi connectivity index (χ2v) is 6.59. The first-order chi connectivity index (χ1) is 11.2. The highest BCUT2D eigenvalue weighted by molar-refractivity contribution is 5.43. The fraction of sp³-hybridized carbons (Fsp3) is 0.667. The highest BCUT2D eigenvalue weighted by Gasteiger charge is 2.18. The number of β-amino-alcohol motifs (C(OH)–C–C–N with tert-alkyl or cyclic N) is 1. The van der Waals surface area contributed by atoms with E-state index in [9.17, 15) is 5.11 Å². The molecule has 2 aliphatic heterocycles. The van der Waals surface area contributed by atoms with E-state index in [-0.39, 0.29) is 0 Å². The Morgan fingerprint density at radius 3 is 2.43 bits per heavy atom. The largest absolute Gasteiger partial charge is 0.493 e. The number of hydrogen-bond donors (Lipinski definition) is 1. The molecular weight excluding hydrogens is 292 g/mol. The van der Waals surface area contributed by atoms with Gasteiger partial charge < -0.3 is 19.5 Å². The molecule has 1 aromatic carbocycles. The third-order valence-corrected chi connectivity index (χ3v) is 4.68. The van der Waals surface area contributed by atoms with Gasteiger partial charge in [-0.25, -0.2) is 0 Å². The van der Waals surface area contributed by atoms with Crippen molar-refractivity contribution in [3.63, 3.8) is 0 Å². The zero-order valence-corrected chi connectivity index (χ0v) is 14.0. The molecule has 2 saturated heterocycles. The minimum Gasteiger partial charge on any atom is -0.493 e. The minimum absolute atomic E-state index is 0.304. The Hall–Kier alpha value is -1.30. The molecular formula is C18H28N2O3. The van der Waals surface area contributed by atoms with Crippen molar-refractivity contribution in [2.75, 3.05) is 46.4 Å². The Kier molecular flexibility index (Phi) is 5.75. The maximum atomic E-state index is 10.1. The normalized spacial score (nSPS) is 20.3. The molecule has 0 amide bonds. The predicted octanol–water partition coefficient (Wildman–Crippen LogP) is 1.74. The molecule has 1 aromatic rings. The van der Waals surface area contributed by atoms with Crippen molar-refractivity contribution in [3.05, 3.63) is 23.8 Å². The number of benzene rings is 1. The molecule has 0 aliphatic carbocycles. The van der Waals surface area contributed by atoms with Gasteiger partial charge in [0.05, 0.1) is 7.11 Å². The van der Waals surface area contributed by atoms with Gasteiger partial charge in [0.1, 0.15) is 12.7 Å². The molecule has 1 unspecified atom stereocenters. The molecule has 2 fully saturated rings. The molecule has 0 aromatic heterocycles. The van der Waals surface area contributed by atoms with Crippen molar-refractivity contribution in [1.82, 2.24) is 9.80 Å². The van der Waals surface area contributed by atoms with E-state index in [0.29, 0.717) is 18.9 Å². The van der Waals surface area contributed by atoms with Gasteiger partial charge in [0.2, 0.25) is 0 Å². The molecule has 1 atom stereocenters. The maximum Gasteiger partial charge on any atom is 0.161 e. The fourth-order valence-corrected chi connectivity index (χ4v) is 3.23. The van der Waals surface area contributed by atoms with E-state index in [1.807, 2.05) is 12.1 Å².